The van der Waals surface area contributed by atoms with Crippen LogP contribution in [-0.2, 0) is 0 Å². The Kier molecular flexibility index (Phi) is 4.24. The van der Waals surface area contributed by atoms with Crippen molar-refractivity contribution in [3.05, 3.63) is 51.7 Å². The largest absolute Gasteiger partial charge is 0.456 e. The maximum absolute atomic E-state index is 8.61. The Bertz CT molecular complexity index is 634. The molecule has 3 N–H and O–H groups in total. The van der Waals surface area contributed by atoms with Crippen LogP contribution >= 0.6 is 27.5 Å². The molecular weight excluding hydrogens is 334 g/mol. The minimum atomic E-state index is -0.0549. The van der Waals surface area contributed by atoms with Gasteiger partial charge in [0.05, 0.1) is 11.2 Å². The average molecular weight is 343 g/mol. The Balaban J connectivity index is 2.26. The highest BCUT2D eigenvalue weighted by molar-refractivity contribution is 9.10. The standard InChI is InChI=1S/C12H9BrClN3O2/c13-7-3-9(6-16-5-7)19-8-1-2-10(11(14)4-8)12(15)17-18/h1-6,18H,(H2,15,17). The van der Waals surface area contributed by atoms with Gasteiger partial charge >= 0.3 is 0 Å². The molecule has 0 saturated heterocycles. The van der Waals surface area contributed by atoms with Gasteiger partial charge in [-0.05, 0) is 34.1 Å². The number of ether oxygens (including phenoxy) is 1. The zero-order valence-electron chi connectivity index (χ0n) is 9.55. The molecule has 1 aromatic heterocycles. The number of hydrogen-bond acceptors (Lipinski definition) is 4. The highest BCUT2D eigenvalue weighted by atomic mass is 79.9. The van der Waals surface area contributed by atoms with Gasteiger partial charge in [-0.15, -0.1) is 0 Å². The Morgan fingerprint density at radius 1 is 1.32 bits per heavy atom. The first-order chi connectivity index (χ1) is 9.10. The summed E-state index contributed by atoms with van der Waals surface area (Å²) >= 11 is 9.33. The van der Waals surface area contributed by atoms with Gasteiger partial charge in [0.2, 0.25) is 0 Å². The number of oxime groups is 1. The minimum absolute atomic E-state index is 0.0549. The summed E-state index contributed by atoms with van der Waals surface area (Å²) in [5, 5.41) is 11.8. The molecule has 0 fully saturated rings. The highest BCUT2D eigenvalue weighted by Gasteiger charge is 2.07. The van der Waals surface area contributed by atoms with E-state index >= 15 is 0 Å². The van der Waals surface area contributed by atoms with Crippen molar-refractivity contribution in [2.45, 2.75) is 0 Å². The first-order valence-corrected chi connectivity index (χ1v) is 6.33. The van der Waals surface area contributed by atoms with E-state index in [1.54, 1.807) is 36.7 Å². The normalized spacial score (nSPS) is 11.4. The third kappa shape index (κ3) is 3.36. The first kappa shape index (κ1) is 13.6. The fourth-order valence-corrected chi connectivity index (χ4v) is 2.02. The van der Waals surface area contributed by atoms with E-state index < -0.39 is 0 Å². The number of rotatable bonds is 3. The van der Waals surface area contributed by atoms with Crippen LogP contribution in [0.5, 0.6) is 11.5 Å². The minimum Gasteiger partial charge on any atom is -0.456 e. The van der Waals surface area contributed by atoms with Crippen molar-refractivity contribution >= 4 is 33.4 Å². The SMILES string of the molecule is NC(=NO)c1ccc(Oc2cncc(Br)c2)cc1Cl. The van der Waals surface area contributed by atoms with Crippen molar-refractivity contribution in [1.29, 1.82) is 0 Å². The van der Waals surface area contributed by atoms with E-state index in [1.165, 1.54) is 0 Å². The lowest BCUT2D eigenvalue weighted by atomic mass is 10.2. The Hall–Kier alpha value is -1.79. The molecule has 19 heavy (non-hydrogen) atoms. The predicted octanol–water partition coefficient (Wildman–Crippen LogP) is 3.38. The second-order valence-electron chi connectivity index (χ2n) is 3.57. The molecule has 0 spiro atoms. The topological polar surface area (TPSA) is 80.7 Å². The molecule has 1 heterocycles. The van der Waals surface area contributed by atoms with Gasteiger partial charge in [0.15, 0.2) is 5.84 Å². The van der Waals surface area contributed by atoms with Gasteiger partial charge in [0.1, 0.15) is 11.5 Å². The van der Waals surface area contributed by atoms with E-state index in [9.17, 15) is 0 Å². The van der Waals surface area contributed by atoms with E-state index in [0.717, 1.165) is 4.47 Å². The predicted molar refractivity (Wildman–Crippen MR) is 76.0 cm³/mol. The molecule has 98 valence electrons. The molecule has 2 aromatic rings. The molecule has 1 aromatic carbocycles. The number of benzene rings is 1. The monoisotopic (exact) mass is 341 g/mol. The Morgan fingerprint density at radius 2 is 2.11 bits per heavy atom. The smallest absolute Gasteiger partial charge is 0.171 e. The number of nitrogens with zero attached hydrogens (tertiary/aromatic N) is 2. The average Bonchev–Trinajstić information content (AvgIpc) is 2.38. The summed E-state index contributed by atoms with van der Waals surface area (Å²) < 4.78 is 6.40. The lowest BCUT2D eigenvalue weighted by molar-refractivity contribution is 0.318. The molecule has 2 rings (SSSR count). The third-order valence-electron chi connectivity index (χ3n) is 2.24. The number of amidine groups is 1. The second-order valence-corrected chi connectivity index (χ2v) is 4.89. The lowest BCUT2D eigenvalue weighted by Crippen LogP contribution is -2.13. The van der Waals surface area contributed by atoms with Crippen LogP contribution in [0.15, 0.2) is 46.3 Å². The van der Waals surface area contributed by atoms with Crippen molar-refractivity contribution in [1.82, 2.24) is 4.98 Å². The summed E-state index contributed by atoms with van der Waals surface area (Å²) in [7, 11) is 0. The molecule has 5 nitrogen and oxygen atoms in total. The van der Waals surface area contributed by atoms with Crippen molar-refractivity contribution in [3.63, 3.8) is 0 Å². The zero-order valence-corrected chi connectivity index (χ0v) is 11.9. The van der Waals surface area contributed by atoms with Crippen LogP contribution in [0, 0.1) is 0 Å². The molecule has 0 saturated carbocycles. The number of nitrogens with two attached hydrogens (primary N) is 1. The van der Waals surface area contributed by atoms with Crippen LogP contribution in [0.4, 0.5) is 0 Å². The van der Waals surface area contributed by atoms with Gasteiger partial charge < -0.3 is 15.7 Å². The first-order valence-electron chi connectivity index (χ1n) is 5.16. The van der Waals surface area contributed by atoms with Gasteiger partial charge in [-0.3, -0.25) is 4.98 Å². The molecule has 0 aliphatic heterocycles. The van der Waals surface area contributed by atoms with Crippen LogP contribution in [0.2, 0.25) is 5.02 Å². The summed E-state index contributed by atoms with van der Waals surface area (Å²) in [5.41, 5.74) is 5.91. The van der Waals surface area contributed by atoms with E-state index in [1.807, 2.05) is 0 Å². The second kappa shape index (κ2) is 5.90. The molecule has 0 amide bonds. The van der Waals surface area contributed by atoms with Gasteiger partial charge in [0.25, 0.3) is 0 Å². The molecule has 0 bridgehead atoms. The third-order valence-corrected chi connectivity index (χ3v) is 2.99. The van der Waals surface area contributed by atoms with E-state index in [0.29, 0.717) is 22.1 Å². The molecular formula is C12H9BrClN3O2. The molecule has 0 atom stereocenters. The van der Waals surface area contributed by atoms with Crippen LogP contribution in [0.25, 0.3) is 0 Å². The van der Waals surface area contributed by atoms with Crippen molar-refractivity contribution in [2.75, 3.05) is 0 Å². The zero-order chi connectivity index (χ0) is 13.8. The van der Waals surface area contributed by atoms with Crippen molar-refractivity contribution in [3.8, 4) is 11.5 Å². The van der Waals surface area contributed by atoms with Crippen LogP contribution in [0.3, 0.4) is 0 Å². The quantitative estimate of drug-likeness (QED) is 0.388. The molecule has 0 radical (unpaired) electrons. The van der Waals surface area contributed by atoms with Gasteiger partial charge in [-0.25, -0.2) is 0 Å². The van der Waals surface area contributed by atoms with Crippen LogP contribution in [-0.4, -0.2) is 16.0 Å². The highest BCUT2D eigenvalue weighted by Crippen LogP contribution is 2.27. The van der Waals surface area contributed by atoms with Crippen molar-refractivity contribution in [2.24, 2.45) is 10.9 Å². The number of aromatic nitrogens is 1. The summed E-state index contributed by atoms with van der Waals surface area (Å²) in [6.07, 6.45) is 3.23. The fraction of sp³-hybridized carbons (Fsp3) is 0. The molecule has 0 aliphatic rings. The molecule has 0 aliphatic carbocycles. The lowest BCUT2D eigenvalue weighted by Gasteiger charge is -2.08. The molecule has 7 heteroatoms. The summed E-state index contributed by atoms with van der Waals surface area (Å²) in [6, 6.07) is 6.63. The number of pyridine rings is 1. The van der Waals surface area contributed by atoms with E-state index in [4.69, 9.17) is 27.3 Å². The summed E-state index contributed by atoms with van der Waals surface area (Å²) in [6.45, 7) is 0. The van der Waals surface area contributed by atoms with Crippen LogP contribution in [0.1, 0.15) is 5.56 Å². The summed E-state index contributed by atoms with van der Waals surface area (Å²) in [5.74, 6) is 1.04. The number of halogens is 2. The van der Waals surface area contributed by atoms with E-state index in [-0.39, 0.29) is 5.84 Å². The maximum Gasteiger partial charge on any atom is 0.171 e. The Labute approximate surface area is 122 Å². The van der Waals surface area contributed by atoms with Crippen LogP contribution < -0.4 is 10.5 Å². The number of hydrogen-bond donors (Lipinski definition) is 2. The fourth-order valence-electron chi connectivity index (χ4n) is 1.41. The van der Waals surface area contributed by atoms with E-state index in [2.05, 4.69) is 26.1 Å². The van der Waals surface area contributed by atoms with Gasteiger partial charge in [0, 0.05) is 22.3 Å². The van der Waals surface area contributed by atoms with Gasteiger partial charge in [-0.1, -0.05) is 16.8 Å². The molecule has 0 unspecified atom stereocenters. The van der Waals surface area contributed by atoms with Crippen molar-refractivity contribution < 1.29 is 9.94 Å². The van der Waals surface area contributed by atoms with Gasteiger partial charge in [-0.2, -0.15) is 0 Å². The maximum atomic E-state index is 8.61. The Morgan fingerprint density at radius 3 is 2.74 bits per heavy atom. The summed E-state index contributed by atoms with van der Waals surface area (Å²) in [4.78, 5) is 3.98.